The number of rotatable bonds is 6. The molecule has 4 rings (SSSR count). The van der Waals surface area contributed by atoms with Gasteiger partial charge in [-0.25, -0.2) is 9.18 Å². The van der Waals surface area contributed by atoms with Gasteiger partial charge in [-0.05, 0) is 67.8 Å². The number of aliphatic hydroxyl groups is 1. The number of carbonyl (C=O) groups excluding carboxylic acids is 1. The third-order valence-electron chi connectivity index (χ3n) is 5.91. The summed E-state index contributed by atoms with van der Waals surface area (Å²) < 4.78 is 25.1. The molecular weight excluding hydrogens is 433 g/mol. The Hall–Kier alpha value is -3.64. The minimum Gasteiger partial charge on any atom is -0.496 e. The average molecular weight is 462 g/mol. The number of halogens is 1. The summed E-state index contributed by atoms with van der Waals surface area (Å²) in [5.74, 6) is -0.458. The Bertz CT molecular complexity index is 1260. The van der Waals surface area contributed by atoms with Crippen molar-refractivity contribution in [3.8, 4) is 16.9 Å². The van der Waals surface area contributed by atoms with E-state index in [2.05, 4.69) is 25.2 Å². The SMILES string of the molecule is COc1cc(F)ccc1-c1ccc2c(c1COC(=O)c1ccc(CO)cc1)C(C)=CC(C)(C)N2. The predicted molar refractivity (Wildman–Crippen MR) is 131 cm³/mol. The lowest BCUT2D eigenvalue weighted by Gasteiger charge is -2.33. The highest BCUT2D eigenvalue weighted by Gasteiger charge is 2.27. The number of allylic oxidation sites excluding steroid dienone is 1. The third-order valence-corrected chi connectivity index (χ3v) is 5.91. The van der Waals surface area contributed by atoms with E-state index >= 15 is 0 Å². The van der Waals surface area contributed by atoms with Crippen LogP contribution in [-0.4, -0.2) is 23.7 Å². The number of anilines is 1. The Morgan fingerprint density at radius 1 is 1.06 bits per heavy atom. The van der Waals surface area contributed by atoms with Crippen LogP contribution in [0.15, 0.2) is 60.7 Å². The van der Waals surface area contributed by atoms with E-state index in [1.165, 1.54) is 19.2 Å². The van der Waals surface area contributed by atoms with Crippen molar-refractivity contribution < 1.29 is 23.8 Å². The Labute approximate surface area is 198 Å². The second-order valence-electron chi connectivity index (χ2n) is 8.96. The molecule has 0 radical (unpaired) electrons. The molecule has 0 bridgehead atoms. The fourth-order valence-corrected chi connectivity index (χ4v) is 4.46. The molecule has 0 spiro atoms. The number of nitrogens with one attached hydrogen (secondary N) is 1. The zero-order chi connectivity index (χ0) is 24.5. The lowest BCUT2D eigenvalue weighted by Crippen LogP contribution is -2.32. The van der Waals surface area contributed by atoms with Gasteiger partial charge in [-0.15, -0.1) is 0 Å². The van der Waals surface area contributed by atoms with Crippen LogP contribution < -0.4 is 10.1 Å². The highest BCUT2D eigenvalue weighted by atomic mass is 19.1. The molecule has 0 aliphatic carbocycles. The van der Waals surface area contributed by atoms with Crippen LogP contribution in [0.1, 0.15) is 47.8 Å². The van der Waals surface area contributed by atoms with Crippen molar-refractivity contribution in [2.75, 3.05) is 12.4 Å². The van der Waals surface area contributed by atoms with Gasteiger partial charge in [-0.2, -0.15) is 0 Å². The molecule has 0 amide bonds. The standard InChI is InChI=1S/C28H28FNO4/c1-17-14-28(2,3)30-24-12-11-21(22-10-9-20(29)13-25(22)33-4)23(26(17)24)16-34-27(32)19-7-5-18(15-31)6-8-19/h5-14,30-31H,15-16H2,1-4H3. The minimum absolute atomic E-state index is 0.0207. The molecule has 6 heteroatoms. The van der Waals surface area contributed by atoms with Crippen LogP contribution in [0.2, 0.25) is 0 Å². The van der Waals surface area contributed by atoms with Crippen LogP contribution in [0.5, 0.6) is 5.75 Å². The van der Waals surface area contributed by atoms with Gasteiger partial charge in [0.15, 0.2) is 0 Å². The molecule has 176 valence electrons. The Balaban J connectivity index is 1.78. The Kier molecular flexibility index (Phi) is 6.44. The molecule has 5 nitrogen and oxygen atoms in total. The number of aliphatic hydroxyl groups excluding tert-OH is 1. The quantitative estimate of drug-likeness (QED) is 0.444. The summed E-state index contributed by atoms with van der Waals surface area (Å²) in [7, 11) is 1.50. The van der Waals surface area contributed by atoms with E-state index in [4.69, 9.17) is 9.47 Å². The number of hydrogen-bond donors (Lipinski definition) is 2. The predicted octanol–water partition coefficient (Wildman–Crippen LogP) is 5.96. The number of hydrogen-bond acceptors (Lipinski definition) is 5. The average Bonchev–Trinajstić information content (AvgIpc) is 2.81. The van der Waals surface area contributed by atoms with E-state index in [-0.39, 0.29) is 18.8 Å². The molecular formula is C28H28FNO4. The second kappa shape index (κ2) is 9.31. The van der Waals surface area contributed by atoms with Crippen LogP contribution in [0.4, 0.5) is 10.1 Å². The van der Waals surface area contributed by atoms with Gasteiger partial charge in [0.05, 0.1) is 24.8 Å². The van der Waals surface area contributed by atoms with E-state index in [1.807, 2.05) is 19.1 Å². The van der Waals surface area contributed by atoms with E-state index in [1.54, 1.807) is 30.3 Å². The van der Waals surface area contributed by atoms with E-state index in [0.29, 0.717) is 22.4 Å². The molecule has 0 saturated heterocycles. The summed E-state index contributed by atoms with van der Waals surface area (Å²) in [6.45, 7) is 6.14. The molecule has 3 aromatic rings. The fraction of sp³-hybridized carbons (Fsp3) is 0.250. The second-order valence-corrected chi connectivity index (χ2v) is 8.96. The molecule has 34 heavy (non-hydrogen) atoms. The molecule has 2 N–H and O–H groups in total. The van der Waals surface area contributed by atoms with Crippen molar-refractivity contribution in [2.45, 2.75) is 39.5 Å². The number of fused-ring (bicyclic) bond motifs is 1. The normalized spacial score (nSPS) is 14.0. The molecule has 0 saturated carbocycles. The van der Waals surface area contributed by atoms with Gasteiger partial charge < -0.3 is 19.9 Å². The van der Waals surface area contributed by atoms with Crippen LogP contribution in [0, 0.1) is 5.82 Å². The number of benzene rings is 3. The number of carbonyl (C=O) groups is 1. The lowest BCUT2D eigenvalue weighted by atomic mass is 9.85. The van der Waals surface area contributed by atoms with Crippen LogP contribution in [0.25, 0.3) is 16.7 Å². The molecule has 3 aromatic carbocycles. The first-order valence-corrected chi connectivity index (χ1v) is 11.1. The van der Waals surface area contributed by atoms with Crippen LogP contribution >= 0.6 is 0 Å². The first-order chi connectivity index (χ1) is 16.2. The first kappa shape index (κ1) is 23.5. The molecule has 1 aliphatic rings. The zero-order valence-electron chi connectivity index (χ0n) is 19.7. The van der Waals surface area contributed by atoms with Crippen molar-refractivity contribution in [2.24, 2.45) is 0 Å². The van der Waals surface area contributed by atoms with E-state index in [0.717, 1.165) is 28.0 Å². The van der Waals surface area contributed by atoms with Gasteiger partial charge in [0, 0.05) is 28.4 Å². The summed E-state index contributed by atoms with van der Waals surface area (Å²) >= 11 is 0. The third kappa shape index (κ3) is 4.68. The van der Waals surface area contributed by atoms with Crippen LogP contribution in [0.3, 0.4) is 0 Å². The van der Waals surface area contributed by atoms with Gasteiger partial charge in [0.2, 0.25) is 0 Å². The van der Waals surface area contributed by atoms with Crippen molar-refractivity contribution >= 4 is 17.2 Å². The summed E-state index contributed by atoms with van der Waals surface area (Å²) in [5, 5.41) is 12.8. The van der Waals surface area contributed by atoms with Gasteiger partial charge in [0.25, 0.3) is 0 Å². The van der Waals surface area contributed by atoms with E-state index < -0.39 is 11.8 Å². The molecule has 1 aliphatic heterocycles. The Morgan fingerprint density at radius 2 is 1.76 bits per heavy atom. The maximum absolute atomic E-state index is 13.9. The Morgan fingerprint density at radius 3 is 2.44 bits per heavy atom. The maximum Gasteiger partial charge on any atom is 0.338 e. The molecule has 1 heterocycles. The maximum atomic E-state index is 13.9. The fourth-order valence-electron chi connectivity index (χ4n) is 4.46. The summed E-state index contributed by atoms with van der Waals surface area (Å²) in [4.78, 5) is 12.8. The smallest absolute Gasteiger partial charge is 0.338 e. The molecule has 0 unspecified atom stereocenters. The first-order valence-electron chi connectivity index (χ1n) is 11.1. The number of esters is 1. The van der Waals surface area contributed by atoms with Crippen molar-refractivity contribution in [1.29, 1.82) is 0 Å². The highest BCUT2D eigenvalue weighted by molar-refractivity contribution is 5.91. The summed E-state index contributed by atoms with van der Waals surface area (Å²) in [6, 6.07) is 15.0. The van der Waals surface area contributed by atoms with Crippen molar-refractivity contribution in [3.63, 3.8) is 0 Å². The minimum atomic E-state index is -0.468. The topological polar surface area (TPSA) is 67.8 Å². The monoisotopic (exact) mass is 461 g/mol. The zero-order valence-corrected chi connectivity index (χ0v) is 19.7. The molecule has 0 atom stereocenters. The number of ether oxygens (including phenoxy) is 2. The molecule has 0 fully saturated rings. The summed E-state index contributed by atoms with van der Waals surface area (Å²) in [6.07, 6.45) is 2.14. The van der Waals surface area contributed by atoms with Gasteiger partial charge in [0.1, 0.15) is 18.2 Å². The highest BCUT2D eigenvalue weighted by Crippen LogP contribution is 2.42. The molecule has 0 aromatic heterocycles. The summed E-state index contributed by atoms with van der Waals surface area (Å²) in [5.41, 5.74) is 6.15. The largest absolute Gasteiger partial charge is 0.496 e. The van der Waals surface area contributed by atoms with Gasteiger partial charge in [-0.1, -0.05) is 24.3 Å². The van der Waals surface area contributed by atoms with Gasteiger partial charge in [-0.3, -0.25) is 0 Å². The van der Waals surface area contributed by atoms with Crippen molar-refractivity contribution in [3.05, 3.63) is 88.7 Å². The van der Waals surface area contributed by atoms with E-state index in [9.17, 15) is 14.3 Å². The lowest BCUT2D eigenvalue weighted by molar-refractivity contribution is 0.0473. The van der Waals surface area contributed by atoms with Crippen molar-refractivity contribution in [1.82, 2.24) is 0 Å². The van der Waals surface area contributed by atoms with Gasteiger partial charge >= 0.3 is 5.97 Å². The van der Waals surface area contributed by atoms with Crippen LogP contribution in [-0.2, 0) is 18.0 Å². The number of methoxy groups -OCH3 is 1.